The van der Waals surface area contributed by atoms with E-state index in [1.54, 1.807) is 13.8 Å². The van der Waals surface area contributed by atoms with Crippen LogP contribution in [0.25, 0.3) is 11.1 Å². The monoisotopic (exact) mass is 662 g/mol. The number of carbonyl (C=O) groups excluding carboxylic acids is 1. The standard InChI is InChI=1S/C35H42N4O7S/c1-20-21(2)31(22(3)27-18-35(4,5)46-30(20)27)47(43,44)39-33(36-6)37-17-11-16-29(32(40)41)38-34(42)45-19-28-25-14-9-7-12-23(25)24-13-8-10-15-26(24)28/h7-10,12-15,28-29H,11,16-19H2,1-6H3,(H,38,42)(H,40,41)(H2,36,37,39). The van der Waals surface area contributed by atoms with Gasteiger partial charge in [-0.25, -0.2) is 22.7 Å². The van der Waals surface area contributed by atoms with Crippen molar-refractivity contribution in [3.63, 3.8) is 0 Å². The Bertz CT molecular complexity index is 1810. The summed E-state index contributed by atoms with van der Waals surface area (Å²) >= 11 is 0. The van der Waals surface area contributed by atoms with Crippen LogP contribution in [0.15, 0.2) is 58.4 Å². The zero-order valence-corrected chi connectivity index (χ0v) is 28.4. The topological polar surface area (TPSA) is 155 Å². The van der Waals surface area contributed by atoms with Crippen molar-refractivity contribution < 1.29 is 32.6 Å². The summed E-state index contributed by atoms with van der Waals surface area (Å²) in [5.41, 5.74) is 6.78. The number of amides is 1. The number of aliphatic carboxylic acids is 1. The first kappa shape index (κ1) is 33.8. The molecule has 0 saturated heterocycles. The number of alkyl carbamates (subject to hydrolysis) is 1. The number of ether oxygens (including phenoxy) is 2. The molecule has 1 unspecified atom stereocenters. The number of fused-ring (bicyclic) bond motifs is 4. The SMILES string of the molecule is CN=C(NCCCC(NC(=O)OCC1c2ccccc2-c2ccccc21)C(=O)O)NS(=O)(=O)c1c(C)c(C)c2c(c1C)CC(C)(C)O2. The van der Waals surface area contributed by atoms with Gasteiger partial charge in [0.2, 0.25) is 5.96 Å². The third-order valence-corrected chi connectivity index (χ3v) is 10.5. The third-order valence-electron chi connectivity index (χ3n) is 8.91. The zero-order valence-electron chi connectivity index (χ0n) is 27.6. The van der Waals surface area contributed by atoms with E-state index >= 15 is 0 Å². The summed E-state index contributed by atoms with van der Waals surface area (Å²) in [6, 6.07) is 14.7. The molecule has 12 heteroatoms. The molecule has 5 rings (SSSR count). The van der Waals surface area contributed by atoms with Gasteiger partial charge in [-0.2, -0.15) is 0 Å². The predicted molar refractivity (Wildman–Crippen MR) is 180 cm³/mol. The summed E-state index contributed by atoms with van der Waals surface area (Å²) in [6.45, 7) is 9.63. The quantitative estimate of drug-likeness (QED) is 0.135. The Kier molecular flexibility index (Phi) is 9.53. The summed E-state index contributed by atoms with van der Waals surface area (Å²) < 4.78 is 41.4. The highest BCUT2D eigenvalue weighted by Gasteiger charge is 2.37. The number of hydrogen-bond acceptors (Lipinski definition) is 7. The molecular weight excluding hydrogens is 620 g/mol. The lowest BCUT2D eigenvalue weighted by Gasteiger charge is -2.20. The maximum absolute atomic E-state index is 13.6. The number of carbonyl (C=O) groups is 2. The molecule has 250 valence electrons. The average molecular weight is 663 g/mol. The van der Waals surface area contributed by atoms with E-state index in [-0.39, 0.29) is 36.3 Å². The van der Waals surface area contributed by atoms with Crippen molar-refractivity contribution in [2.45, 2.75) is 76.3 Å². The summed E-state index contributed by atoms with van der Waals surface area (Å²) in [7, 11) is -2.56. The number of benzene rings is 3. The zero-order chi connectivity index (χ0) is 34.1. The van der Waals surface area contributed by atoms with Crippen LogP contribution >= 0.6 is 0 Å². The second-order valence-corrected chi connectivity index (χ2v) is 14.3. The molecule has 0 aromatic heterocycles. The van der Waals surface area contributed by atoms with Gasteiger partial charge in [0.25, 0.3) is 10.0 Å². The van der Waals surface area contributed by atoms with E-state index in [0.29, 0.717) is 24.0 Å². The van der Waals surface area contributed by atoms with Crippen LogP contribution in [0.4, 0.5) is 4.79 Å². The van der Waals surface area contributed by atoms with Crippen molar-refractivity contribution in [3.8, 4) is 16.9 Å². The van der Waals surface area contributed by atoms with Gasteiger partial charge in [0.05, 0.1) is 4.90 Å². The highest BCUT2D eigenvalue weighted by atomic mass is 32.2. The number of carboxylic acid groups (broad SMARTS) is 1. The van der Waals surface area contributed by atoms with E-state index in [9.17, 15) is 23.1 Å². The molecule has 0 bridgehead atoms. The Morgan fingerprint density at radius 1 is 1.02 bits per heavy atom. The Morgan fingerprint density at radius 3 is 2.23 bits per heavy atom. The first-order valence-corrected chi connectivity index (χ1v) is 17.1. The van der Waals surface area contributed by atoms with Crippen LogP contribution < -0.4 is 20.1 Å². The molecule has 1 aliphatic carbocycles. The number of guanidine groups is 1. The maximum Gasteiger partial charge on any atom is 0.407 e. The van der Waals surface area contributed by atoms with Crippen molar-refractivity contribution in [1.29, 1.82) is 0 Å². The van der Waals surface area contributed by atoms with Gasteiger partial charge >= 0.3 is 12.1 Å². The van der Waals surface area contributed by atoms with E-state index in [1.807, 2.05) is 69.3 Å². The lowest BCUT2D eigenvalue weighted by Crippen LogP contribution is -2.43. The fraction of sp³-hybridized carbons (Fsp3) is 0.400. The van der Waals surface area contributed by atoms with Gasteiger partial charge in [-0.15, -0.1) is 0 Å². The minimum Gasteiger partial charge on any atom is -0.487 e. The summed E-state index contributed by atoms with van der Waals surface area (Å²) in [6.07, 6.45) is 0.150. The van der Waals surface area contributed by atoms with Crippen LogP contribution in [0, 0.1) is 20.8 Å². The largest absolute Gasteiger partial charge is 0.487 e. The van der Waals surface area contributed by atoms with E-state index in [2.05, 4.69) is 20.3 Å². The highest BCUT2D eigenvalue weighted by Crippen LogP contribution is 2.45. The number of nitrogens with one attached hydrogen (secondary N) is 3. The predicted octanol–water partition coefficient (Wildman–Crippen LogP) is 4.95. The van der Waals surface area contributed by atoms with Crippen molar-refractivity contribution in [2.24, 2.45) is 4.99 Å². The van der Waals surface area contributed by atoms with E-state index in [1.165, 1.54) is 7.05 Å². The van der Waals surface area contributed by atoms with Gasteiger partial charge in [0, 0.05) is 31.5 Å². The Labute approximate surface area is 275 Å². The molecule has 0 radical (unpaired) electrons. The lowest BCUT2D eigenvalue weighted by molar-refractivity contribution is -0.139. The smallest absolute Gasteiger partial charge is 0.407 e. The number of carboxylic acids is 1. The minimum atomic E-state index is -4.01. The van der Waals surface area contributed by atoms with Gasteiger partial charge in [0.15, 0.2) is 0 Å². The third kappa shape index (κ3) is 6.92. The maximum atomic E-state index is 13.6. The molecule has 11 nitrogen and oxygen atoms in total. The molecule has 1 amide bonds. The molecule has 0 saturated carbocycles. The van der Waals surface area contributed by atoms with Crippen molar-refractivity contribution in [2.75, 3.05) is 20.2 Å². The number of aliphatic imine (C=N–C) groups is 1. The molecule has 47 heavy (non-hydrogen) atoms. The minimum absolute atomic E-state index is 0.0231. The van der Waals surface area contributed by atoms with E-state index in [4.69, 9.17) is 9.47 Å². The van der Waals surface area contributed by atoms with Crippen LogP contribution in [0.2, 0.25) is 0 Å². The molecule has 0 fully saturated rings. The fourth-order valence-corrected chi connectivity index (χ4v) is 8.14. The summed E-state index contributed by atoms with van der Waals surface area (Å²) in [5, 5.41) is 15.1. The van der Waals surface area contributed by atoms with Crippen LogP contribution in [0.5, 0.6) is 5.75 Å². The van der Waals surface area contributed by atoms with Crippen LogP contribution in [-0.4, -0.2) is 63.4 Å². The van der Waals surface area contributed by atoms with Gasteiger partial charge < -0.3 is 25.2 Å². The average Bonchev–Trinajstić information content (AvgIpc) is 3.53. The highest BCUT2D eigenvalue weighted by molar-refractivity contribution is 7.90. The molecule has 4 N–H and O–H groups in total. The van der Waals surface area contributed by atoms with Crippen molar-refractivity contribution in [3.05, 3.63) is 81.9 Å². The first-order chi connectivity index (χ1) is 22.2. The summed E-state index contributed by atoms with van der Waals surface area (Å²) in [5.74, 6) is -0.584. The second-order valence-electron chi connectivity index (χ2n) is 12.7. The van der Waals surface area contributed by atoms with E-state index < -0.39 is 33.7 Å². The fourth-order valence-electron chi connectivity index (χ4n) is 6.54. The molecule has 1 aliphatic heterocycles. The number of hydrogen-bond donors (Lipinski definition) is 4. The molecule has 1 heterocycles. The Balaban J connectivity index is 1.15. The van der Waals surface area contributed by atoms with Crippen LogP contribution in [0.1, 0.15) is 66.0 Å². The second kappa shape index (κ2) is 13.3. The number of rotatable bonds is 10. The van der Waals surface area contributed by atoms with Crippen LogP contribution in [-0.2, 0) is 26.0 Å². The number of nitrogens with zero attached hydrogens (tertiary/aromatic N) is 1. The first-order valence-electron chi connectivity index (χ1n) is 15.6. The number of sulfonamides is 1. The molecule has 0 spiro atoms. The molecule has 2 aliphatic rings. The van der Waals surface area contributed by atoms with Gasteiger partial charge in [-0.3, -0.25) is 4.99 Å². The molecule has 1 atom stereocenters. The van der Waals surface area contributed by atoms with E-state index in [0.717, 1.165) is 39.1 Å². The normalized spacial score (nSPS) is 15.6. The van der Waals surface area contributed by atoms with Crippen molar-refractivity contribution >= 4 is 28.0 Å². The van der Waals surface area contributed by atoms with Crippen LogP contribution in [0.3, 0.4) is 0 Å². The Hall–Kier alpha value is -4.58. The lowest BCUT2D eigenvalue weighted by atomic mass is 9.94. The molecule has 3 aromatic carbocycles. The van der Waals surface area contributed by atoms with Gasteiger partial charge in [-0.1, -0.05) is 48.5 Å². The molecule has 3 aromatic rings. The van der Waals surface area contributed by atoms with Gasteiger partial charge in [-0.05, 0) is 86.4 Å². The molecular formula is C35H42N4O7S. The van der Waals surface area contributed by atoms with Crippen molar-refractivity contribution in [1.82, 2.24) is 15.4 Å². The Morgan fingerprint density at radius 2 is 1.64 bits per heavy atom. The van der Waals surface area contributed by atoms with Gasteiger partial charge in [0.1, 0.15) is 24.0 Å². The summed E-state index contributed by atoms with van der Waals surface area (Å²) in [4.78, 5) is 28.9.